The minimum atomic E-state index is -0.824. The number of nitrogens with zero attached hydrogens (tertiary/aromatic N) is 2. The van der Waals surface area contributed by atoms with E-state index in [0.717, 1.165) is 11.8 Å². The predicted molar refractivity (Wildman–Crippen MR) is 60.5 cm³/mol. The summed E-state index contributed by atoms with van der Waals surface area (Å²) in [7, 11) is 1.84. The van der Waals surface area contributed by atoms with Crippen molar-refractivity contribution in [1.82, 2.24) is 14.9 Å². The van der Waals surface area contributed by atoms with Gasteiger partial charge in [-0.1, -0.05) is 6.07 Å². The number of benzene rings is 1. The van der Waals surface area contributed by atoms with Crippen LogP contribution in [0.5, 0.6) is 0 Å². The molecule has 0 fully saturated rings. The van der Waals surface area contributed by atoms with Gasteiger partial charge in [-0.25, -0.2) is 13.8 Å². The third-order valence-electron chi connectivity index (χ3n) is 2.49. The lowest BCUT2D eigenvalue weighted by molar-refractivity contribution is 0.506. The molecule has 17 heavy (non-hydrogen) atoms. The van der Waals surface area contributed by atoms with Crippen LogP contribution in [0.1, 0.15) is 11.3 Å². The van der Waals surface area contributed by atoms with Gasteiger partial charge in [-0.05, 0) is 24.7 Å². The van der Waals surface area contributed by atoms with Crippen molar-refractivity contribution in [2.75, 3.05) is 7.05 Å². The van der Waals surface area contributed by atoms with Crippen LogP contribution in [-0.4, -0.2) is 16.6 Å². The maximum absolute atomic E-state index is 13.0. The maximum atomic E-state index is 13.0. The summed E-state index contributed by atoms with van der Waals surface area (Å²) in [4.78, 5) is 4.03. The number of imidazole rings is 1. The molecule has 0 aliphatic heterocycles. The van der Waals surface area contributed by atoms with E-state index in [1.54, 1.807) is 18.6 Å². The molecule has 0 saturated carbocycles. The van der Waals surface area contributed by atoms with Crippen LogP contribution in [0.15, 0.2) is 30.7 Å². The Kier molecular flexibility index (Phi) is 3.49. The lowest BCUT2D eigenvalue weighted by Crippen LogP contribution is -2.11. The fourth-order valence-corrected chi connectivity index (χ4v) is 1.65. The number of hydrogen-bond donors (Lipinski definition) is 1. The van der Waals surface area contributed by atoms with Gasteiger partial charge in [0.15, 0.2) is 11.6 Å². The standard InChI is InChI=1S/C12H13F2N3/c1-15-5-10-6-16-8-17(10)7-9-2-3-11(13)12(14)4-9/h2-4,6,8,15H,5,7H2,1H3. The van der Waals surface area contributed by atoms with E-state index in [9.17, 15) is 8.78 Å². The van der Waals surface area contributed by atoms with Crippen LogP contribution in [-0.2, 0) is 13.1 Å². The first-order valence-electron chi connectivity index (χ1n) is 5.28. The average molecular weight is 237 g/mol. The Labute approximate surface area is 98.1 Å². The summed E-state index contributed by atoms with van der Waals surface area (Å²) in [5.74, 6) is -1.65. The van der Waals surface area contributed by atoms with Gasteiger partial charge in [-0.15, -0.1) is 0 Å². The molecular formula is C12H13F2N3. The topological polar surface area (TPSA) is 29.9 Å². The summed E-state index contributed by atoms with van der Waals surface area (Å²) in [5, 5.41) is 3.02. The van der Waals surface area contributed by atoms with Gasteiger partial charge < -0.3 is 9.88 Å². The van der Waals surface area contributed by atoms with Crippen LogP contribution < -0.4 is 5.32 Å². The third-order valence-corrected chi connectivity index (χ3v) is 2.49. The second-order valence-electron chi connectivity index (χ2n) is 3.79. The molecule has 0 amide bonds. The van der Waals surface area contributed by atoms with Gasteiger partial charge in [0.1, 0.15) is 0 Å². The van der Waals surface area contributed by atoms with Crippen LogP contribution in [0.4, 0.5) is 8.78 Å². The van der Waals surface area contributed by atoms with Crippen LogP contribution in [0.25, 0.3) is 0 Å². The van der Waals surface area contributed by atoms with Crippen molar-refractivity contribution in [3.8, 4) is 0 Å². The average Bonchev–Trinajstić information content (AvgIpc) is 2.72. The molecular weight excluding hydrogens is 224 g/mol. The molecule has 0 radical (unpaired) electrons. The van der Waals surface area contributed by atoms with E-state index in [1.807, 2.05) is 11.6 Å². The molecule has 2 aromatic rings. The fraction of sp³-hybridized carbons (Fsp3) is 0.250. The van der Waals surface area contributed by atoms with E-state index in [1.165, 1.54) is 6.07 Å². The van der Waals surface area contributed by atoms with Crippen molar-refractivity contribution in [3.05, 3.63) is 53.6 Å². The number of aromatic nitrogens is 2. The molecule has 0 atom stereocenters. The zero-order chi connectivity index (χ0) is 12.3. The van der Waals surface area contributed by atoms with E-state index < -0.39 is 11.6 Å². The molecule has 0 unspecified atom stereocenters. The van der Waals surface area contributed by atoms with Gasteiger partial charge in [-0.3, -0.25) is 0 Å². The second kappa shape index (κ2) is 5.05. The Morgan fingerprint density at radius 2 is 2.12 bits per heavy atom. The zero-order valence-corrected chi connectivity index (χ0v) is 9.45. The van der Waals surface area contributed by atoms with E-state index >= 15 is 0 Å². The molecule has 1 aromatic carbocycles. The van der Waals surface area contributed by atoms with Crippen LogP contribution >= 0.6 is 0 Å². The first kappa shape index (κ1) is 11.7. The van der Waals surface area contributed by atoms with E-state index in [-0.39, 0.29) is 0 Å². The first-order valence-corrected chi connectivity index (χ1v) is 5.28. The molecule has 1 heterocycles. The van der Waals surface area contributed by atoms with Crippen molar-refractivity contribution in [2.24, 2.45) is 0 Å². The molecule has 0 spiro atoms. The molecule has 0 saturated heterocycles. The highest BCUT2D eigenvalue weighted by Gasteiger charge is 2.05. The summed E-state index contributed by atoms with van der Waals surface area (Å²) < 4.78 is 27.7. The van der Waals surface area contributed by atoms with Crippen LogP contribution in [0, 0.1) is 11.6 Å². The van der Waals surface area contributed by atoms with Crippen molar-refractivity contribution in [2.45, 2.75) is 13.1 Å². The lowest BCUT2D eigenvalue weighted by atomic mass is 10.2. The molecule has 1 N–H and O–H groups in total. The highest BCUT2D eigenvalue weighted by molar-refractivity contribution is 5.19. The minimum absolute atomic E-state index is 0.480. The summed E-state index contributed by atoms with van der Waals surface area (Å²) in [6.07, 6.45) is 3.42. The highest BCUT2D eigenvalue weighted by atomic mass is 19.2. The molecule has 0 bridgehead atoms. The van der Waals surface area contributed by atoms with Crippen molar-refractivity contribution in [3.63, 3.8) is 0 Å². The minimum Gasteiger partial charge on any atom is -0.329 e. The first-order chi connectivity index (χ1) is 8.20. The summed E-state index contributed by atoms with van der Waals surface area (Å²) in [5.41, 5.74) is 1.71. The van der Waals surface area contributed by atoms with Crippen molar-refractivity contribution in [1.29, 1.82) is 0 Å². The van der Waals surface area contributed by atoms with Crippen molar-refractivity contribution < 1.29 is 8.78 Å². The van der Waals surface area contributed by atoms with Crippen LogP contribution in [0.2, 0.25) is 0 Å². The molecule has 0 aliphatic rings. The second-order valence-corrected chi connectivity index (χ2v) is 3.79. The monoisotopic (exact) mass is 237 g/mol. The number of nitrogens with one attached hydrogen (secondary N) is 1. The molecule has 2 rings (SSSR count). The summed E-state index contributed by atoms with van der Waals surface area (Å²) in [6.45, 7) is 1.16. The van der Waals surface area contributed by atoms with Gasteiger partial charge in [0.2, 0.25) is 0 Å². The zero-order valence-electron chi connectivity index (χ0n) is 9.45. The largest absolute Gasteiger partial charge is 0.329 e. The van der Waals surface area contributed by atoms with Gasteiger partial charge in [0.25, 0.3) is 0 Å². The van der Waals surface area contributed by atoms with Gasteiger partial charge in [0.05, 0.1) is 12.0 Å². The molecule has 90 valence electrons. The van der Waals surface area contributed by atoms with Gasteiger partial charge in [0, 0.05) is 19.3 Å². The van der Waals surface area contributed by atoms with Gasteiger partial charge >= 0.3 is 0 Å². The highest BCUT2D eigenvalue weighted by Crippen LogP contribution is 2.11. The summed E-state index contributed by atoms with van der Waals surface area (Å²) >= 11 is 0. The number of hydrogen-bond acceptors (Lipinski definition) is 2. The Hall–Kier alpha value is -1.75. The molecule has 1 aromatic heterocycles. The number of rotatable bonds is 4. The Balaban J connectivity index is 2.19. The third kappa shape index (κ3) is 2.68. The van der Waals surface area contributed by atoms with Gasteiger partial charge in [-0.2, -0.15) is 0 Å². The van der Waals surface area contributed by atoms with E-state index in [0.29, 0.717) is 18.7 Å². The van der Waals surface area contributed by atoms with Crippen LogP contribution in [0.3, 0.4) is 0 Å². The maximum Gasteiger partial charge on any atom is 0.159 e. The van der Waals surface area contributed by atoms with E-state index in [2.05, 4.69) is 10.3 Å². The normalized spacial score (nSPS) is 10.8. The Bertz CT molecular complexity index is 508. The Morgan fingerprint density at radius 3 is 2.82 bits per heavy atom. The molecule has 3 nitrogen and oxygen atoms in total. The molecule has 0 aliphatic carbocycles. The predicted octanol–water partition coefficient (Wildman–Crippen LogP) is 1.93. The number of halogens is 2. The lowest BCUT2D eigenvalue weighted by Gasteiger charge is -2.08. The summed E-state index contributed by atoms with van der Waals surface area (Å²) in [6, 6.07) is 3.92. The Morgan fingerprint density at radius 1 is 1.29 bits per heavy atom. The quantitative estimate of drug-likeness (QED) is 0.880. The fourth-order valence-electron chi connectivity index (χ4n) is 1.65. The van der Waals surface area contributed by atoms with Crippen molar-refractivity contribution >= 4 is 0 Å². The molecule has 5 heteroatoms. The van der Waals surface area contributed by atoms with E-state index in [4.69, 9.17) is 0 Å². The smallest absolute Gasteiger partial charge is 0.159 e. The SMILES string of the molecule is CNCc1cncn1Cc1ccc(F)c(F)c1.